The fraction of sp³-hybridized carbons (Fsp3) is 0.929. The minimum Gasteiger partial charge on any atom is -0.460 e. The molecule has 94 valence electrons. The number of esters is 1. The summed E-state index contributed by atoms with van der Waals surface area (Å²) in [6, 6.07) is 0. The van der Waals surface area contributed by atoms with Gasteiger partial charge in [0.25, 0.3) is 0 Å². The van der Waals surface area contributed by atoms with Crippen LogP contribution in [0.25, 0.3) is 0 Å². The molecule has 0 aromatic heterocycles. The van der Waals surface area contributed by atoms with E-state index in [2.05, 4.69) is 0 Å². The maximum atomic E-state index is 11.8. The van der Waals surface area contributed by atoms with Crippen LogP contribution in [0.4, 0.5) is 0 Å². The first-order chi connectivity index (χ1) is 7.46. The standard InChI is InChI=1S/C12H20O2.C2H6/c1-12(2,3)14-11(13)10-7-8-4-5-9(10)6-8;1-2/h8-10H,4-7H2,1-3H3;1-2H3. The summed E-state index contributed by atoms with van der Waals surface area (Å²) in [6.07, 6.45) is 4.93. The summed E-state index contributed by atoms with van der Waals surface area (Å²) in [5, 5.41) is 0. The molecule has 2 rings (SSSR count). The minimum absolute atomic E-state index is 0.0460. The summed E-state index contributed by atoms with van der Waals surface area (Å²) >= 11 is 0. The lowest BCUT2D eigenvalue weighted by molar-refractivity contribution is -0.161. The van der Waals surface area contributed by atoms with E-state index in [-0.39, 0.29) is 17.5 Å². The maximum absolute atomic E-state index is 11.8. The van der Waals surface area contributed by atoms with Crippen LogP contribution < -0.4 is 0 Å². The van der Waals surface area contributed by atoms with Crippen LogP contribution >= 0.6 is 0 Å². The number of carbonyl (C=O) groups is 1. The lowest BCUT2D eigenvalue weighted by Gasteiger charge is -2.26. The quantitative estimate of drug-likeness (QED) is 0.636. The molecule has 2 saturated carbocycles. The molecule has 2 fully saturated rings. The lowest BCUT2D eigenvalue weighted by atomic mass is 9.89. The summed E-state index contributed by atoms with van der Waals surface area (Å²) in [7, 11) is 0. The maximum Gasteiger partial charge on any atom is 0.309 e. The zero-order valence-electron chi connectivity index (χ0n) is 11.4. The first-order valence-electron chi connectivity index (χ1n) is 6.68. The molecule has 0 saturated heterocycles. The van der Waals surface area contributed by atoms with Crippen molar-refractivity contribution < 1.29 is 9.53 Å². The Morgan fingerprint density at radius 1 is 1.12 bits per heavy atom. The third kappa shape index (κ3) is 3.23. The van der Waals surface area contributed by atoms with Gasteiger partial charge in [-0.3, -0.25) is 4.79 Å². The lowest BCUT2D eigenvalue weighted by Crippen LogP contribution is -2.31. The van der Waals surface area contributed by atoms with E-state index in [1.54, 1.807) is 0 Å². The molecule has 2 heteroatoms. The van der Waals surface area contributed by atoms with Gasteiger partial charge in [0, 0.05) is 0 Å². The molecular formula is C14H26O2. The molecule has 0 N–H and O–H groups in total. The molecule has 0 amide bonds. The Morgan fingerprint density at radius 3 is 2.12 bits per heavy atom. The van der Waals surface area contributed by atoms with Crippen LogP contribution in [-0.2, 0) is 9.53 Å². The van der Waals surface area contributed by atoms with Crippen molar-refractivity contribution in [2.24, 2.45) is 17.8 Å². The number of carbonyl (C=O) groups excluding carboxylic acids is 1. The molecule has 3 unspecified atom stereocenters. The smallest absolute Gasteiger partial charge is 0.309 e. The highest BCUT2D eigenvalue weighted by Gasteiger charge is 2.44. The van der Waals surface area contributed by atoms with E-state index in [9.17, 15) is 4.79 Å². The van der Waals surface area contributed by atoms with Gasteiger partial charge < -0.3 is 4.74 Å². The molecule has 0 aromatic rings. The predicted octanol–water partition coefficient (Wildman–Crippen LogP) is 3.79. The average molecular weight is 226 g/mol. The Balaban J connectivity index is 0.000000606. The molecule has 0 aliphatic heterocycles. The monoisotopic (exact) mass is 226 g/mol. The van der Waals surface area contributed by atoms with Crippen LogP contribution in [0.5, 0.6) is 0 Å². The van der Waals surface area contributed by atoms with Crippen LogP contribution in [-0.4, -0.2) is 11.6 Å². The second-order valence-corrected chi connectivity index (χ2v) is 5.81. The van der Waals surface area contributed by atoms with Crippen molar-refractivity contribution in [2.75, 3.05) is 0 Å². The van der Waals surface area contributed by atoms with Crippen LogP contribution in [0, 0.1) is 17.8 Å². The molecular weight excluding hydrogens is 200 g/mol. The number of fused-ring (bicyclic) bond motifs is 2. The summed E-state index contributed by atoms with van der Waals surface area (Å²) < 4.78 is 5.44. The van der Waals surface area contributed by atoms with Gasteiger partial charge in [-0.05, 0) is 51.9 Å². The van der Waals surface area contributed by atoms with Gasteiger partial charge in [-0.2, -0.15) is 0 Å². The van der Waals surface area contributed by atoms with Crippen LogP contribution in [0.3, 0.4) is 0 Å². The second-order valence-electron chi connectivity index (χ2n) is 5.81. The highest BCUT2D eigenvalue weighted by Crippen LogP contribution is 2.48. The summed E-state index contributed by atoms with van der Waals surface area (Å²) in [6.45, 7) is 9.83. The summed E-state index contributed by atoms with van der Waals surface area (Å²) in [4.78, 5) is 11.8. The van der Waals surface area contributed by atoms with Crippen LogP contribution in [0.15, 0.2) is 0 Å². The van der Waals surface area contributed by atoms with Crippen LogP contribution in [0.2, 0.25) is 0 Å². The van der Waals surface area contributed by atoms with Gasteiger partial charge in [-0.1, -0.05) is 20.3 Å². The van der Waals surface area contributed by atoms with Crippen molar-refractivity contribution in [1.29, 1.82) is 0 Å². The number of rotatable bonds is 1. The van der Waals surface area contributed by atoms with Crippen molar-refractivity contribution in [3.8, 4) is 0 Å². The Labute approximate surface area is 99.8 Å². The van der Waals surface area contributed by atoms with Gasteiger partial charge in [0.15, 0.2) is 0 Å². The van der Waals surface area contributed by atoms with Gasteiger partial charge in [-0.25, -0.2) is 0 Å². The van der Waals surface area contributed by atoms with Crippen molar-refractivity contribution in [3.63, 3.8) is 0 Å². The zero-order valence-corrected chi connectivity index (χ0v) is 11.4. The largest absolute Gasteiger partial charge is 0.460 e. The second kappa shape index (κ2) is 5.20. The number of hydrogen-bond acceptors (Lipinski definition) is 2. The average Bonchev–Trinajstić information content (AvgIpc) is 2.79. The van der Waals surface area contributed by atoms with Gasteiger partial charge in [0.05, 0.1) is 5.92 Å². The van der Waals surface area contributed by atoms with Gasteiger partial charge >= 0.3 is 5.97 Å². The first kappa shape index (κ1) is 13.5. The third-order valence-electron chi connectivity index (χ3n) is 3.45. The Kier molecular flexibility index (Phi) is 4.40. The highest BCUT2D eigenvalue weighted by molar-refractivity contribution is 5.73. The van der Waals surface area contributed by atoms with E-state index in [1.807, 2.05) is 34.6 Å². The normalized spacial score (nSPS) is 31.9. The molecule has 3 atom stereocenters. The molecule has 0 heterocycles. The molecule has 0 radical (unpaired) electrons. The van der Waals surface area contributed by atoms with E-state index in [1.165, 1.54) is 19.3 Å². The molecule has 2 aliphatic rings. The first-order valence-corrected chi connectivity index (χ1v) is 6.68. The Morgan fingerprint density at radius 2 is 1.75 bits per heavy atom. The Hall–Kier alpha value is -0.530. The zero-order chi connectivity index (χ0) is 12.3. The van der Waals surface area contributed by atoms with Crippen molar-refractivity contribution in [1.82, 2.24) is 0 Å². The van der Waals surface area contributed by atoms with E-state index in [4.69, 9.17) is 4.74 Å². The van der Waals surface area contributed by atoms with Crippen molar-refractivity contribution in [2.45, 2.75) is 65.9 Å². The van der Waals surface area contributed by atoms with E-state index < -0.39 is 0 Å². The molecule has 0 aromatic carbocycles. The van der Waals surface area contributed by atoms with Crippen molar-refractivity contribution in [3.05, 3.63) is 0 Å². The van der Waals surface area contributed by atoms with Crippen molar-refractivity contribution >= 4 is 5.97 Å². The summed E-state index contributed by atoms with van der Waals surface area (Å²) in [5.41, 5.74) is -0.321. The molecule has 2 bridgehead atoms. The fourth-order valence-electron chi connectivity index (χ4n) is 2.91. The van der Waals surface area contributed by atoms with E-state index in [0.717, 1.165) is 12.3 Å². The van der Waals surface area contributed by atoms with E-state index in [0.29, 0.717) is 5.92 Å². The number of hydrogen-bond donors (Lipinski definition) is 0. The fourth-order valence-corrected chi connectivity index (χ4v) is 2.91. The third-order valence-corrected chi connectivity index (χ3v) is 3.45. The highest BCUT2D eigenvalue weighted by atomic mass is 16.6. The molecule has 2 aliphatic carbocycles. The minimum atomic E-state index is -0.321. The van der Waals surface area contributed by atoms with Gasteiger partial charge in [0.1, 0.15) is 5.60 Å². The summed E-state index contributed by atoms with van der Waals surface area (Å²) in [5.74, 6) is 1.71. The topological polar surface area (TPSA) is 26.3 Å². The Bertz CT molecular complexity index is 240. The predicted molar refractivity (Wildman–Crippen MR) is 66.1 cm³/mol. The van der Waals surface area contributed by atoms with Gasteiger partial charge in [-0.15, -0.1) is 0 Å². The van der Waals surface area contributed by atoms with Crippen LogP contribution in [0.1, 0.15) is 60.3 Å². The number of ether oxygens (including phenoxy) is 1. The van der Waals surface area contributed by atoms with E-state index >= 15 is 0 Å². The molecule has 16 heavy (non-hydrogen) atoms. The molecule has 0 spiro atoms. The SMILES string of the molecule is CC.CC(C)(C)OC(=O)C1CC2CCC1C2. The molecule has 2 nitrogen and oxygen atoms in total. The van der Waals surface area contributed by atoms with Gasteiger partial charge in [0.2, 0.25) is 0 Å².